The van der Waals surface area contributed by atoms with Gasteiger partial charge in [-0.1, -0.05) is 0 Å². The van der Waals surface area contributed by atoms with Gasteiger partial charge in [-0.2, -0.15) is 0 Å². The van der Waals surface area contributed by atoms with Gasteiger partial charge in [-0.25, -0.2) is 0 Å². The predicted molar refractivity (Wildman–Crippen MR) is 69.1 cm³/mol. The van der Waals surface area contributed by atoms with E-state index < -0.39 is 0 Å². The minimum atomic E-state index is 0.0496. The van der Waals surface area contributed by atoms with Crippen LogP contribution >= 0.6 is 0 Å². The molecule has 1 aromatic rings. The molecule has 1 fully saturated rings. The van der Waals surface area contributed by atoms with E-state index in [9.17, 15) is 5.11 Å². The minimum Gasteiger partial charge on any atom is -0.392 e. The van der Waals surface area contributed by atoms with Crippen LogP contribution in [0.25, 0.3) is 0 Å². The number of likely N-dealkylation sites (N-methyl/N-ethyl adjacent to an activating group) is 2. The summed E-state index contributed by atoms with van der Waals surface area (Å²) in [5.74, 6) is 0. The molecule has 1 N–H and O–H groups in total. The average Bonchev–Trinajstić information content (AvgIpc) is 2.75. The lowest BCUT2D eigenvalue weighted by Crippen LogP contribution is -2.37. The second kappa shape index (κ2) is 5.47. The van der Waals surface area contributed by atoms with Crippen LogP contribution < -0.4 is 4.90 Å². The third kappa shape index (κ3) is 2.76. The number of hydrogen-bond acceptors (Lipinski definition) is 4. The first-order chi connectivity index (χ1) is 8.22. The Balaban J connectivity index is 2.06. The van der Waals surface area contributed by atoms with Crippen LogP contribution in [0.3, 0.4) is 0 Å². The zero-order valence-corrected chi connectivity index (χ0v) is 10.6. The fraction of sp³-hybridized carbons (Fsp3) is 0.615. The summed E-state index contributed by atoms with van der Waals surface area (Å²) in [6.07, 6.45) is 6.08. The number of rotatable bonds is 4. The summed E-state index contributed by atoms with van der Waals surface area (Å²) in [4.78, 5) is 8.68. The molecule has 2 rings (SSSR count). The molecule has 1 aliphatic heterocycles. The third-order valence-corrected chi connectivity index (χ3v) is 3.62. The number of aliphatic hydroxyl groups is 1. The second-order valence-corrected chi connectivity index (χ2v) is 4.82. The highest BCUT2D eigenvalue weighted by Crippen LogP contribution is 2.21. The van der Waals surface area contributed by atoms with E-state index in [1.54, 1.807) is 12.4 Å². The molecule has 1 aliphatic rings. The minimum absolute atomic E-state index is 0.0496. The van der Waals surface area contributed by atoms with E-state index in [2.05, 4.69) is 28.9 Å². The van der Waals surface area contributed by atoms with Crippen molar-refractivity contribution in [1.82, 2.24) is 9.88 Å². The van der Waals surface area contributed by atoms with Crippen molar-refractivity contribution in [1.29, 1.82) is 0 Å². The number of pyridine rings is 1. The van der Waals surface area contributed by atoms with Crippen molar-refractivity contribution in [3.05, 3.63) is 24.0 Å². The molecule has 0 radical (unpaired) electrons. The maximum Gasteiger partial charge on any atom is 0.0717 e. The van der Waals surface area contributed by atoms with Crippen LogP contribution in [0.2, 0.25) is 0 Å². The Morgan fingerprint density at radius 1 is 1.59 bits per heavy atom. The second-order valence-electron chi connectivity index (χ2n) is 4.82. The zero-order chi connectivity index (χ0) is 12.3. The summed E-state index contributed by atoms with van der Waals surface area (Å²) >= 11 is 0. The molecular weight excluding hydrogens is 214 g/mol. The van der Waals surface area contributed by atoms with Crippen molar-refractivity contribution in [2.24, 2.45) is 0 Å². The van der Waals surface area contributed by atoms with Gasteiger partial charge in [0.25, 0.3) is 0 Å². The number of nitrogens with zero attached hydrogens (tertiary/aromatic N) is 3. The van der Waals surface area contributed by atoms with Gasteiger partial charge in [-0.3, -0.25) is 4.98 Å². The highest BCUT2D eigenvalue weighted by Gasteiger charge is 2.22. The van der Waals surface area contributed by atoms with Gasteiger partial charge in [0, 0.05) is 43.3 Å². The molecule has 1 saturated heterocycles. The van der Waals surface area contributed by atoms with Gasteiger partial charge in [0.05, 0.1) is 6.61 Å². The van der Waals surface area contributed by atoms with E-state index >= 15 is 0 Å². The molecule has 0 saturated carbocycles. The number of likely N-dealkylation sites (tertiary alicyclic amines) is 1. The molecule has 4 heteroatoms. The predicted octanol–water partition coefficient (Wildman–Crippen LogP) is 1.10. The summed E-state index contributed by atoms with van der Waals surface area (Å²) in [7, 11) is 4.27. The fourth-order valence-electron chi connectivity index (χ4n) is 2.54. The Kier molecular flexibility index (Phi) is 3.97. The average molecular weight is 235 g/mol. The van der Waals surface area contributed by atoms with Crippen molar-refractivity contribution in [3.63, 3.8) is 0 Å². The lowest BCUT2D eigenvalue weighted by molar-refractivity contribution is 0.281. The van der Waals surface area contributed by atoms with Crippen molar-refractivity contribution in [2.75, 3.05) is 32.1 Å². The van der Waals surface area contributed by atoms with Crippen LogP contribution in [0.5, 0.6) is 0 Å². The maximum atomic E-state index is 9.30. The number of hydrogen-bond donors (Lipinski definition) is 1. The Bertz CT molecular complexity index is 369. The quantitative estimate of drug-likeness (QED) is 0.848. The molecule has 2 heterocycles. The first-order valence-corrected chi connectivity index (χ1v) is 6.17. The fourth-order valence-corrected chi connectivity index (χ4v) is 2.54. The molecule has 0 aromatic carbocycles. The molecule has 0 bridgehead atoms. The Labute approximate surface area is 103 Å². The Morgan fingerprint density at radius 3 is 3.06 bits per heavy atom. The normalized spacial score (nSPS) is 20.8. The van der Waals surface area contributed by atoms with Gasteiger partial charge >= 0.3 is 0 Å². The molecule has 94 valence electrons. The molecule has 17 heavy (non-hydrogen) atoms. The van der Waals surface area contributed by atoms with E-state index in [4.69, 9.17) is 0 Å². The van der Waals surface area contributed by atoms with Gasteiger partial charge in [-0.05, 0) is 32.5 Å². The lowest BCUT2D eigenvalue weighted by atomic mass is 10.1. The maximum absolute atomic E-state index is 9.30. The van der Waals surface area contributed by atoms with Crippen LogP contribution in [0.4, 0.5) is 5.69 Å². The van der Waals surface area contributed by atoms with Crippen LogP contribution in [0.1, 0.15) is 18.4 Å². The van der Waals surface area contributed by atoms with E-state index in [0.29, 0.717) is 6.04 Å². The molecule has 1 unspecified atom stereocenters. The smallest absolute Gasteiger partial charge is 0.0717 e. The summed E-state index contributed by atoms with van der Waals surface area (Å²) in [5, 5.41) is 9.30. The monoisotopic (exact) mass is 235 g/mol. The third-order valence-electron chi connectivity index (χ3n) is 3.62. The molecule has 1 aromatic heterocycles. The van der Waals surface area contributed by atoms with E-state index in [1.807, 2.05) is 6.07 Å². The lowest BCUT2D eigenvalue weighted by Gasteiger charge is -2.28. The largest absolute Gasteiger partial charge is 0.392 e. The first-order valence-electron chi connectivity index (χ1n) is 6.17. The Morgan fingerprint density at radius 2 is 2.41 bits per heavy atom. The zero-order valence-electron chi connectivity index (χ0n) is 10.6. The summed E-state index contributed by atoms with van der Waals surface area (Å²) < 4.78 is 0. The van der Waals surface area contributed by atoms with Crippen LogP contribution in [0.15, 0.2) is 18.5 Å². The van der Waals surface area contributed by atoms with Gasteiger partial charge in [0.1, 0.15) is 0 Å². The van der Waals surface area contributed by atoms with Crippen molar-refractivity contribution in [2.45, 2.75) is 25.5 Å². The van der Waals surface area contributed by atoms with Gasteiger partial charge in [0.15, 0.2) is 0 Å². The molecule has 1 atom stereocenters. The van der Waals surface area contributed by atoms with Crippen LogP contribution in [-0.4, -0.2) is 48.2 Å². The summed E-state index contributed by atoms with van der Waals surface area (Å²) in [5.41, 5.74) is 1.98. The van der Waals surface area contributed by atoms with E-state index in [1.165, 1.54) is 19.4 Å². The van der Waals surface area contributed by atoms with Crippen molar-refractivity contribution < 1.29 is 5.11 Å². The van der Waals surface area contributed by atoms with Gasteiger partial charge in [-0.15, -0.1) is 0 Å². The SMILES string of the molecule is CN(CC1CCCN1C)c1ccncc1CO. The topological polar surface area (TPSA) is 39.6 Å². The molecule has 0 spiro atoms. The number of anilines is 1. The number of aliphatic hydroxyl groups excluding tert-OH is 1. The molecular formula is C13H21N3O. The molecule has 0 amide bonds. The van der Waals surface area contributed by atoms with Crippen molar-refractivity contribution >= 4 is 5.69 Å². The van der Waals surface area contributed by atoms with Crippen LogP contribution in [0, 0.1) is 0 Å². The van der Waals surface area contributed by atoms with Crippen LogP contribution in [-0.2, 0) is 6.61 Å². The van der Waals surface area contributed by atoms with E-state index in [0.717, 1.165) is 17.8 Å². The number of aromatic nitrogens is 1. The van der Waals surface area contributed by atoms with E-state index in [-0.39, 0.29) is 6.61 Å². The van der Waals surface area contributed by atoms with Gasteiger partial charge in [0.2, 0.25) is 0 Å². The highest BCUT2D eigenvalue weighted by molar-refractivity contribution is 5.51. The molecule has 0 aliphatic carbocycles. The highest BCUT2D eigenvalue weighted by atomic mass is 16.3. The summed E-state index contributed by atoms with van der Waals surface area (Å²) in [6.45, 7) is 2.25. The van der Waals surface area contributed by atoms with Gasteiger partial charge < -0.3 is 14.9 Å². The standard InChI is InChI=1S/C13H21N3O/c1-15-7-3-4-12(15)9-16(2)13-5-6-14-8-11(13)10-17/h5-6,8,12,17H,3-4,7,9-10H2,1-2H3. The molecule has 4 nitrogen and oxygen atoms in total. The Hall–Kier alpha value is -1.13. The summed E-state index contributed by atoms with van der Waals surface area (Å²) in [6, 6.07) is 2.60. The first kappa shape index (κ1) is 12.3. The van der Waals surface area contributed by atoms with Crippen molar-refractivity contribution in [3.8, 4) is 0 Å².